The summed E-state index contributed by atoms with van der Waals surface area (Å²) in [6.07, 6.45) is 2.27. The van der Waals surface area contributed by atoms with Crippen molar-refractivity contribution in [1.82, 2.24) is 9.88 Å². The van der Waals surface area contributed by atoms with Crippen molar-refractivity contribution in [2.45, 2.75) is 39.2 Å². The van der Waals surface area contributed by atoms with Crippen molar-refractivity contribution in [1.29, 1.82) is 0 Å². The van der Waals surface area contributed by atoms with Crippen LogP contribution in [-0.2, 0) is 16.0 Å². The molecule has 0 spiro atoms. The van der Waals surface area contributed by atoms with E-state index in [-0.39, 0.29) is 12.5 Å². The summed E-state index contributed by atoms with van der Waals surface area (Å²) in [5.74, 6) is -1.05. The van der Waals surface area contributed by atoms with Gasteiger partial charge in [-0.1, -0.05) is 6.92 Å². The van der Waals surface area contributed by atoms with E-state index in [0.29, 0.717) is 18.1 Å². The second-order valence-corrected chi connectivity index (χ2v) is 6.09. The zero-order valence-electron chi connectivity index (χ0n) is 11.7. The van der Waals surface area contributed by atoms with Crippen LogP contribution < -0.4 is 5.32 Å². The van der Waals surface area contributed by atoms with E-state index >= 15 is 0 Å². The zero-order valence-corrected chi connectivity index (χ0v) is 12.5. The molecular weight excluding hydrogens is 278 g/mol. The van der Waals surface area contributed by atoms with Crippen molar-refractivity contribution in [2.75, 3.05) is 18.4 Å². The summed E-state index contributed by atoms with van der Waals surface area (Å²) in [6.45, 7) is 4.76. The van der Waals surface area contributed by atoms with Gasteiger partial charge in [0.1, 0.15) is 6.04 Å². The van der Waals surface area contributed by atoms with E-state index < -0.39 is 12.0 Å². The normalized spacial score (nSPS) is 19.2. The Morgan fingerprint density at radius 1 is 1.55 bits per heavy atom. The maximum atomic E-state index is 12.0. The summed E-state index contributed by atoms with van der Waals surface area (Å²) < 4.78 is 0. The second kappa shape index (κ2) is 6.32. The minimum absolute atomic E-state index is 0.108. The Labute approximate surface area is 121 Å². The highest BCUT2D eigenvalue weighted by Gasteiger charge is 2.31. The lowest BCUT2D eigenvalue weighted by atomic mass is 10.2. The molecule has 1 amide bonds. The highest BCUT2D eigenvalue weighted by Crippen LogP contribution is 2.23. The van der Waals surface area contributed by atoms with Gasteiger partial charge in [0.15, 0.2) is 5.13 Å². The summed E-state index contributed by atoms with van der Waals surface area (Å²) in [5.41, 5.74) is 0.995. The van der Waals surface area contributed by atoms with Gasteiger partial charge in [0.25, 0.3) is 0 Å². The topological polar surface area (TPSA) is 82.5 Å². The Bertz CT molecular complexity index is 515. The molecule has 1 unspecified atom stereocenters. The number of thiazole rings is 1. The Morgan fingerprint density at radius 2 is 2.30 bits per heavy atom. The Morgan fingerprint density at radius 3 is 2.90 bits per heavy atom. The first kappa shape index (κ1) is 14.9. The van der Waals surface area contributed by atoms with Crippen molar-refractivity contribution >= 4 is 28.3 Å². The van der Waals surface area contributed by atoms with E-state index in [1.165, 1.54) is 11.3 Å². The number of rotatable bonds is 5. The molecule has 2 N–H and O–H groups in total. The fraction of sp³-hybridized carbons (Fsp3) is 0.615. The molecule has 1 aliphatic heterocycles. The van der Waals surface area contributed by atoms with Crippen LogP contribution in [0.1, 0.15) is 30.3 Å². The number of aliphatic carboxylic acids is 1. The molecule has 0 saturated carbocycles. The highest BCUT2D eigenvalue weighted by molar-refractivity contribution is 7.15. The van der Waals surface area contributed by atoms with Crippen molar-refractivity contribution in [3.05, 3.63) is 10.6 Å². The van der Waals surface area contributed by atoms with Gasteiger partial charge in [-0.05, 0) is 32.7 Å². The van der Waals surface area contributed by atoms with E-state index in [4.69, 9.17) is 5.11 Å². The Balaban J connectivity index is 1.93. The number of carbonyl (C=O) groups excluding carboxylic acids is 1. The summed E-state index contributed by atoms with van der Waals surface area (Å²) in [6, 6.07) is -0.537. The number of anilines is 1. The number of carboxylic acids is 1. The number of nitrogens with zero attached hydrogens (tertiary/aromatic N) is 2. The Kier molecular flexibility index (Phi) is 4.72. The van der Waals surface area contributed by atoms with Crippen LogP contribution in [0.3, 0.4) is 0 Å². The lowest BCUT2D eigenvalue weighted by Gasteiger charge is -2.19. The molecule has 6 nitrogen and oxygen atoms in total. The van der Waals surface area contributed by atoms with E-state index in [9.17, 15) is 9.59 Å². The quantitative estimate of drug-likeness (QED) is 0.860. The third-order valence-electron chi connectivity index (χ3n) is 3.47. The summed E-state index contributed by atoms with van der Waals surface area (Å²) >= 11 is 1.45. The van der Waals surface area contributed by atoms with Gasteiger partial charge >= 0.3 is 5.97 Å². The predicted octanol–water partition coefficient (Wildman–Crippen LogP) is 1.50. The van der Waals surface area contributed by atoms with Crippen LogP contribution in [0.2, 0.25) is 0 Å². The molecule has 1 atom stereocenters. The molecule has 0 aliphatic carbocycles. The predicted molar refractivity (Wildman–Crippen MR) is 77.1 cm³/mol. The standard InChI is InChI=1S/C13H19N3O3S/c1-3-9-8(2)20-13(14-9)15-11(17)7-16-6-4-5-10(16)12(18)19/h10H,3-7H2,1-2H3,(H,18,19)(H,14,15,17). The SMILES string of the molecule is CCc1nc(NC(=O)CN2CCCC2C(=O)O)sc1C. The average Bonchev–Trinajstić information content (AvgIpc) is 2.95. The van der Waals surface area contributed by atoms with Crippen LogP contribution in [0.4, 0.5) is 5.13 Å². The molecule has 0 radical (unpaired) electrons. The van der Waals surface area contributed by atoms with Gasteiger partial charge in [0, 0.05) is 4.88 Å². The molecule has 1 saturated heterocycles. The second-order valence-electron chi connectivity index (χ2n) is 4.89. The molecular formula is C13H19N3O3S. The fourth-order valence-corrected chi connectivity index (χ4v) is 3.37. The van der Waals surface area contributed by atoms with Crippen molar-refractivity contribution in [2.24, 2.45) is 0 Å². The fourth-order valence-electron chi connectivity index (χ4n) is 2.45. The van der Waals surface area contributed by atoms with Gasteiger partial charge in [-0.25, -0.2) is 4.98 Å². The van der Waals surface area contributed by atoms with Crippen LogP contribution in [0.25, 0.3) is 0 Å². The largest absolute Gasteiger partial charge is 0.480 e. The number of hydrogen-bond acceptors (Lipinski definition) is 5. The van der Waals surface area contributed by atoms with Gasteiger partial charge in [0.2, 0.25) is 5.91 Å². The lowest BCUT2D eigenvalue weighted by Crippen LogP contribution is -2.40. The first-order valence-corrected chi connectivity index (χ1v) is 7.56. The highest BCUT2D eigenvalue weighted by atomic mass is 32.1. The smallest absolute Gasteiger partial charge is 0.320 e. The van der Waals surface area contributed by atoms with E-state index in [1.807, 2.05) is 13.8 Å². The molecule has 2 heterocycles. The van der Waals surface area contributed by atoms with Gasteiger partial charge in [-0.2, -0.15) is 0 Å². The summed E-state index contributed by atoms with van der Waals surface area (Å²) in [7, 11) is 0. The van der Waals surface area contributed by atoms with Crippen LogP contribution in [0.5, 0.6) is 0 Å². The van der Waals surface area contributed by atoms with E-state index in [2.05, 4.69) is 10.3 Å². The minimum atomic E-state index is -0.853. The number of nitrogens with one attached hydrogen (secondary N) is 1. The number of carboxylic acid groups (broad SMARTS) is 1. The van der Waals surface area contributed by atoms with Crippen molar-refractivity contribution < 1.29 is 14.7 Å². The molecule has 1 aliphatic rings. The molecule has 2 rings (SSSR count). The monoisotopic (exact) mass is 297 g/mol. The van der Waals surface area contributed by atoms with Gasteiger partial charge in [-0.3, -0.25) is 14.5 Å². The summed E-state index contributed by atoms with van der Waals surface area (Å²) in [5, 5.41) is 12.4. The maximum Gasteiger partial charge on any atom is 0.320 e. The maximum absolute atomic E-state index is 12.0. The molecule has 1 aromatic heterocycles. The third-order valence-corrected chi connectivity index (χ3v) is 4.40. The van der Waals surface area contributed by atoms with Crippen molar-refractivity contribution in [3.63, 3.8) is 0 Å². The number of likely N-dealkylation sites (tertiary alicyclic amines) is 1. The molecule has 0 aromatic carbocycles. The van der Waals surface area contributed by atoms with Crippen LogP contribution in [-0.4, -0.2) is 46.0 Å². The van der Waals surface area contributed by atoms with Gasteiger partial charge in [0.05, 0.1) is 12.2 Å². The Hall–Kier alpha value is -1.47. The number of aryl methyl sites for hydroxylation is 2. The van der Waals surface area contributed by atoms with E-state index in [0.717, 1.165) is 23.4 Å². The first-order chi connectivity index (χ1) is 9.51. The van der Waals surface area contributed by atoms with Crippen molar-refractivity contribution in [3.8, 4) is 0 Å². The average molecular weight is 297 g/mol. The molecule has 110 valence electrons. The zero-order chi connectivity index (χ0) is 14.7. The molecule has 7 heteroatoms. The lowest BCUT2D eigenvalue weighted by molar-refractivity contribution is -0.142. The number of amides is 1. The molecule has 1 aromatic rings. The van der Waals surface area contributed by atoms with E-state index in [1.54, 1.807) is 4.90 Å². The minimum Gasteiger partial charge on any atom is -0.480 e. The first-order valence-electron chi connectivity index (χ1n) is 6.74. The molecule has 20 heavy (non-hydrogen) atoms. The molecule has 1 fully saturated rings. The van der Waals surface area contributed by atoms with Gasteiger partial charge < -0.3 is 10.4 Å². The number of hydrogen-bond donors (Lipinski definition) is 2. The number of aromatic nitrogens is 1. The van der Waals surface area contributed by atoms with Crippen LogP contribution >= 0.6 is 11.3 Å². The third kappa shape index (κ3) is 3.34. The molecule has 0 bridgehead atoms. The van der Waals surface area contributed by atoms with Gasteiger partial charge in [-0.15, -0.1) is 11.3 Å². The number of carbonyl (C=O) groups is 2. The summed E-state index contributed by atoms with van der Waals surface area (Å²) in [4.78, 5) is 30.2. The van der Waals surface area contributed by atoms with Crippen LogP contribution in [0.15, 0.2) is 0 Å². The van der Waals surface area contributed by atoms with Crippen LogP contribution in [0, 0.1) is 6.92 Å².